The van der Waals surface area contributed by atoms with Crippen molar-refractivity contribution in [3.8, 4) is 0 Å². The fourth-order valence-corrected chi connectivity index (χ4v) is 1.73. The second-order valence-corrected chi connectivity index (χ2v) is 5.03. The van der Waals surface area contributed by atoms with Gasteiger partial charge in [0, 0.05) is 12.2 Å². The molecule has 0 amide bonds. The molecule has 2 nitrogen and oxygen atoms in total. The Labute approximate surface area is 87.4 Å². The Kier molecular flexibility index (Phi) is 3.35. The molecule has 0 N–H and O–H groups in total. The molecule has 14 heavy (non-hydrogen) atoms. The third-order valence-electron chi connectivity index (χ3n) is 3.04. The van der Waals surface area contributed by atoms with E-state index in [-0.39, 0.29) is 0 Å². The minimum atomic E-state index is 0.428. The van der Waals surface area contributed by atoms with Crippen LogP contribution in [0, 0.1) is 12.3 Å². The normalized spacial score (nSPS) is 14.4. The highest BCUT2D eigenvalue weighted by Gasteiger charge is 2.19. The van der Waals surface area contributed by atoms with Crippen LogP contribution in [-0.2, 0) is 0 Å². The summed E-state index contributed by atoms with van der Waals surface area (Å²) in [5.41, 5.74) is 1.53. The molecule has 0 aliphatic rings. The first-order chi connectivity index (χ1) is 6.44. The fraction of sp³-hybridized carbons (Fsp3) is 0.750. The van der Waals surface area contributed by atoms with E-state index in [4.69, 9.17) is 0 Å². The van der Waals surface area contributed by atoms with Crippen LogP contribution in [0.15, 0.2) is 12.5 Å². The van der Waals surface area contributed by atoms with Crippen LogP contribution in [0.1, 0.15) is 52.3 Å². The zero-order valence-electron chi connectivity index (χ0n) is 10.0. The van der Waals surface area contributed by atoms with Crippen LogP contribution < -0.4 is 0 Å². The van der Waals surface area contributed by atoms with E-state index >= 15 is 0 Å². The number of aromatic nitrogens is 2. The first-order valence-electron chi connectivity index (χ1n) is 5.44. The van der Waals surface area contributed by atoms with E-state index in [1.165, 1.54) is 12.8 Å². The Bertz CT molecular complexity index is 286. The summed E-state index contributed by atoms with van der Waals surface area (Å²) in [5, 5.41) is 0. The summed E-state index contributed by atoms with van der Waals surface area (Å²) < 4.78 is 2.22. The van der Waals surface area contributed by atoms with Crippen LogP contribution >= 0.6 is 0 Å². The molecule has 80 valence electrons. The average molecular weight is 194 g/mol. The Morgan fingerprint density at radius 3 is 2.57 bits per heavy atom. The highest BCUT2D eigenvalue weighted by molar-refractivity contribution is 4.94. The molecule has 0 saturated carbocycles. The van der Waals surface area contributed by atoms with Gasteiger partial charge in [-0.05, 0) is 25.7 Å². The molecule has 1 aromatic rings. The van der Waals surface area contributed by atoms with E-state index in [1.807, 2.05) is 13.3 Å². The zero-order chi connectivity index (χ0) is 10.8. The number of nitrogens with zero attached hydrogens (tertiary/aromatic N) is 2. The molecular formula is C12H22N2. The summed E-state index contributed by atoms with van der Waals surface area (Å²) in [6.45, 7) is 11.2. The van der Waals surface area contributed by atoms with Crippen LogP contribution in [0.2, 0.25) is 0 Å². The highest BCUT2D eigenvalue weighted by Crippen LogP contribution is 2.30. The van der Waals surface area contributed by atoms with Gasteiger partial charge in [0.2, 0.25) is 0 Å². The monoisotopic (exact) mass is 194 g/mol. The molecule has 1 aromatic heterocycles. The van der Waals surface area contributed by atoms with Gasteiger partial charge < -0.3 is 4.57 Å². The van der Waals surface area contributed by atoms with Crippen LogP contribution in [0.4, 0.5) is 0 Å². The van der Waals surface area contributed by atoms with Crippen molar-refractivity contribution in [2.24, 2.45) is 5.41 Å². The Morgan fingerprint density at radius 2 is 2.14 bits per heavy atom. The van der Waals surface area contributed by atoms with Gasteiger partial charge in [-0.3, -0.25) is 0 Å². The standard InChI is InChI=1S/C12H22N2/c1-6-12(4,5)7-11(3)14-8-10(2)13-9-14/h8-9,11H,6-7H2,1-5H3. The molecular weight excluding hydrogens is 172 g/mol. The summed E-state index contributed by atoms with van der Waals surface area (Å²) in [4.78, 5) is 4.26. The van der Waals surface area contributed by atoms with Crippen molar-refractivity contribution in [1.29, 1.82) is 0 Å². The third-order valence-corrected chi connectivity index (χ3v) is 3.04. The Balaban J connectivity index is 2.63. The van der Waals surface area contributed by atoms with Crippen LogP contribution in [-0.4, -0.2) is 9.55 Å². The third kappa shape index (κ3) is 2.86. The topological polar surface area (TPSA) is 17.8 Å². The Hall–Kier alpha value is -0.790. The van der Waals surface area contributed by atoms with Crippen LogP contribution in [0.5, 0.6) is 0 Å². The number of imidazole rings is 1. The first kappa shape index (κ1) is 11.3. The number of aryl methyl sites for hydroxylation is 1. The van der Waals surface area contributed by atoms with Crippen LogP contribution in [0.25, 0.3) is 0 Å². The molecule has 0 aromatic carbocycles. The predicted octanol–water partition coefficient (Wildman–Crippen LogP) is 3.58. The minimum absolute atomic E-state index is 0.428. The smallest absolute Gasteiger partial charge is 0.0951 e. The van der Waals surface area contributed by atoms with Gasteiger partial charge in [-0.25, -0.2) is 4.98 Å². The van der Waals surface area contributed by atoms with E-state index in [0.717, 1.165) is 5.69 Å². The summed E-state index contributed by atoms with van der Waals surface area (Å²) in [6.07, 6.45) is 6.49. The summed E-state index contributed by atoms with van der Waals surface area (Å²) in [6, 6.07) is 0.547. The van der Waals surface area contributed by atoms with Gasteiger partial charge in [0.05, 0.1) is 12.0 Å². The fourth-order valence-electron chi connectivity index (χ4n) is 1.73. The molecule has 1 heterocycles. The summed E-state index contributed by atoms with van der Waals surface area (Å²) in [7, 11) is 0. The quantitative estimate of drug-likeness (QED) is 0.716. The molecule has 0 fully saturated rings. The maximum atomic E-state index is 4.26. The van der Waals surface area contributed by atoms with Gasteiger partial charge in [0.1, 0.15) is 0 Å². The Morgan fingerprint density at radius 1 is 1.50 bits per heavy atom. The van der Waals surface area contributed by atoms with Crippen LogP contribution in [0.3, 0.4) is 0 Å². The summed E-state index contributed by atoms with van der Waals surface area (Å²) in [5.74, 6) is 0. The van der Waals surface area contributed by atoms with Crippen molar-refractivity contribution in [3.63, 3.8) is 0 Å². The lowest BCUT2D eigenvalue weighted by molar-refractivity contribution is 0.267. The van der Waals surface area contributed by atoms with Crippen molar-refractivity contribution < 1.29 is 0 Å². The van der Waals surface area contributed by atoms with E-state index < -0.39 is 0 Å². The van der Waals surface area contributed by atoms with E-state index in [9.17, 15) is 0 Å². The molecule has 1 atom stereocenters. The average Bonchev–Trinajstić information content (AvgIpc) is 2.51. The van der Waals surface area contributed by atoms with Crippen molar-refractivity contribution in [2.45, 2.75) is 53.5 Å². The molecule has 0 bridgehead atoms. The van der Waals surface area contributed by atoms with Gasteiger partial charge in [0.25, 0.3) is 0 Å². The van der Waals surface area contributed by atoms with E-state index in [0.29, 0.717) is 11.5 Å². The molecule has 1 unspecified atom stereocenters. The molecule has 0 saturated heterocycles. The number of rotatable bonds is 4. The lowest BCUT2D eigenvalue weighted by Crippen LogP contribution is -2.16. The predicted molar refractivity (Wildman–Crippen MR) is 60.4 cm³/mol. The second kappa shape index (κ2) is 4.16. The maximum absolute atomic E-state index is 4.26. The SMILES string of the molecule is CCC(C)(C)CC(C)n1cnc(C)c1. The van der Waals surface area contributed by atoms with Gasteiger partial charge in [0.15, 0.2) is 0 Å². The van der Waals surface area contributed by atoms with Crippen molar-refractivity contribution in [3.05, 3.63) is 18.2 Å². The van der Waals surface area contributed by atoms with Gasteiger partial charge in [-0.2, -0.15) is 0 Å². The molecule has 0 radical (unpaired) electrons. The molecule has 0 spiro atoms. The van der Waals surface area contributed by atoms with Gasteiger partial charge in [-0.1, -0.05) is 27.2 Å². The molecule has 0 aliphatic carbocycles. The molecule has 0 aliphatic heterocycles. The summed E-state index contributed by atoms with van der Waals surface area (Å²) >= 11 is 0. The largest absolute Gasteiger partial charge is 0.334 e. The van der Waals surface area contributed by atoms with Gasteiger partial charge >= 0.3 is 0 Å². The second-order valence-electron chi connectivity index (χ2n) is 5.03. The lowest BCUT2D eigenvalue weighted by Gasteiger charge is -2.27. The van der Waals surface area contributed by atoms with E-state index in [2.05, 4.69) is 43.4 Å². The molecule has 2 heteroatoms. The maximum Gasteiger partial charge on any atom is 0.0951 e. The van der Waals surface area contributed by atoms with Crippen molar-refractivity contribution >= 4 is 0 Å². The highest BCUT2D eigenvalue weighted by atomic mass is 15.1. The van der Waals surface area contributed by atoms with Crippen molar-refractivity contribution in [1.82, 2.24) is 9.55 Å². The van der Waals surface area contributed by atoms with Gasteiger partial charge in [-0.15, -0.1) is 0 Å². The first-order valence-corrected chi connectivity index (χ1v) is 5.44. The minimum Gasteiger partial charge on any atom is -0.334 e. The van der Waals surface area contributed by atoms with E-state index in [1.54, 1.807) is 0 Å². The van der Waals surface area contributed by atoms with Crippen molar-refractivity contribution in [2.75, 3.05) is 0 Å². The molecule has 1 rings (SSSR count). The lowest BCUT2D eigenvalue weighted by atomic mass is 9.84. The zero-order valence-corrected chi connectivity index (χ0v) is 10.0. The number of hydrogen-bond acceptors (Lipinski definition) is 1. The number of hydrogen-bond donors (Lipinski definition) is 0.